The average molecular weight is 392 g/mol. The van der Waals surface area contributed by atoms with Crippen LogP contribution in [-0.4, -0.2) is 52.0 Å². The first-order valence-corrected chi connectivity index (χ1v) is 8.67. The highest BCUT2D eigenvalue weighted by atomic mass is 16.5. The Hall–Kier alpha value is -4.06. The summed E-state index contributed by atoms with van der Waals surface area (Å²) in [5, 5.41) is 14.2. The van der Waals surface area contributed by atoms with Gasteiger partial charge in [0.2, 0.25) is 5.54 Å². The van der Waals surface area contributed by atoms with Gasteiger partial charge in [-0.25, -0.2) is 4.79 Å². The Bertz CT molecular complexity index is 1100. The molecule has 3 N–H and O–H groups in total. The van der Waals surface area contributed by atoms with Gasteiger partial charge in [-0.15, -0.1) is 0 Å². The first-order chi connectivity index (χ1) is 13.9. The van der Waals surface area contributed by atoms with Crippen LogP contribution in [0.4, 0.5) is 4.79 Å². The van der Waals surface area contributed by atoms with Gasteiger partial charge in [0.15, 0.2) is 0 Å². The van der Waals surface area contributed by atoms with Crippen molar-refractivity contribution in [3.8, 4) is 23.3 Å². The number of amides is 4. The van der Waals surface area contributed by atoms with Crippen LogP contribution in [0.5, 0.6) is 11.5 Å². The zero-order valence-electron chi connectivity index (χ0n) is 15.4. The Labute approximate surface area is 165 Å². The van der Waals surface area contributed by atoms with E-state index in [2.05, 4.69) is 27.5 Å². The topological polar surface area (TPSA) is 121 Å². The molecule has 29 heavy (non-hydrogen) atoms. The summed E-state index contributed by atoms with van der Waals surface area (Å²) in [5.74, 6) is 5.03. The number of ether oxygens (including phenoxy) is 1. The molecule has 146 valence electrons. The first kappa shape index (κ1) is 18.3. The van der Waals surface area contributed by atoms with Crippen molar-refractivity contribution in [2.45, 2.75) is 12.1 Å². The predicted octanol–water partition coefficient (Wildman–Crippen LogP) is 0.381. The second-order valence-electron chi connectivity index (χ2n) is 6.68. The van der Waals surface area contributed by atoms with Gasteiger partial charge in [0.25, 0.3) is 11.8 Å². The minimum absolute atomic E-state index is 0.0788. The number of carbonyl (C=O) groups is 3. The number of nitrogens with one attached hydrogen (secondary N) is 2. The van der Waals surface area contributed by atoms with Gasteiger partial charge in [0.05, 0.1) is 19.9 Å². The summed E-state index contributed by atoms with van der Waals surface area (Å²) in [4.78, 5) is 42.5. The molecule has 0 unspecified atom stereocenters. The minimum atomic E-state index is -1.62. The highest BCUT2D eigenvalue weighted by molar-refractivity contribution is 6.10. The third-order valence-electron chi connectivity index (χ3n) is 4.71. The third kappa shape index (κ3) is 3.32. The number of carbonyl (C=O) groups excluding carboxylic acids is 3. The molecule has 2 aromatic rings. The Kier molecular flexibility index (Phi) is 4.31. The monoisotopic (exact) mass is 392 g/mol. The Balaban J connectivity index is 1.65. The van der Waals surface area contributed by atoms with E-state index >= 15 is 0 Å². The molecule has 4 rings (SSSR count). The van der Waals surface area contributed by atoms with Gasteiger partial charge in [0, 0.05) is 23.9 Å². The van der Waals surface area contributed by atoms with Gasteiger partial charge in [-0.05, 0) is 23.8 Å². The van der Waals surface area contributed by atoms with Gasteiger partial charge < -0.3 is 20.1 Å². The zero-order chi connectivity index (χ0) is 20.6. The van der Waals surface area contributed by atoms with Crippen molar-refractivity contribution < 1.29 is 24.2 Å². The molecule has 2 aliphatic rings. The van der Waals surface area contributed by atoms with E-state index in [4.69, 9.17) is 4.74 Å². The van der Waals surface area contributed by atoms with E-state index in [0.29, 0.717) is 16.9 Å². The van der Waals surface area contributed by atoms with Gasteiger partial charge in [-0.2, -0.15) is 0 Å². The lowest BCUT2D eigenvalue weighted by atomic mass is 9.99. The Morgan fingerprint density at radius 2 is 2.10 bits per heavy atom. The normalized spacial score (nSPS) is 19.9. The number of hydrogen-bond acceptors (Lipinski definition) is 6. The van der Waals surface area contributed by atoms with Crippen LogP contribution in [0, 0.1) is 11.8 Å². The molecule has 1 aromatic carbocycles. The second-order valence-corrected chi connectivity index (χ2v) is 6.68. The molecule has 1 fully saturated rings. The fraction of sp³-hybridized carbons (Fsp3) is 0.200. The third-order valence-corrected chi connectivity index (χ3v) is 4.71. The smallest absolute Gasteiger partial charge is 0.323 e. The summed E-state index contributed by atoms with van der Waals surface area (Å²) in [5.41, 5.74) is 0.0129. The van der Waals surface area contributed by atoms with Gasteiger partial charge in [-0.1, -0.05) is 17.9 Å². The van der Waals surface area contributed by atoms with E-state index in [1.54, 1.807) is 18.2 Å². The maximum absolute atomic E-state index is 12.8. The molecule has 1 atom stereocenters. The standard InChI is InChI=1S/C20H16N4O5/c1-29-15-3-2-13-10-24(17(26)16(13)7-15)11-20(18(27)22-19(28)23-20)5-4-12-6-14(25)9-21-8-12/h2-3,6-9,25H,10-11H2,1H3,(H2,22,23,27,28)/t20-/m0/s1. The molecule has 1 aromatic heterocycles. The van der Waals surface area contributed by atoms with Crippen molar-refractivity contribution >= 4 is 17.8 Å². The largest absolute Gasteiger partial charge is 0.506 e. The molecule has 9 nitrogen and oxygen atoms in total. The molecular formula is C20H16N4O5. The minimum Gasteiger partial charge on any atom is -0.506 e. The zero-order valence-corrected chi connectivity index (χ0v) is 15.4. The molecular weight excluding hydrogens is 376 g/mol. The number of pyridine rings is 1. The van der Waals surface area contributed by atoms with Crippen LogP contribution in [0.15, 0.2) is 36.7 Å². The van der Waals surface area contributed by atoms with Crippen LogP contribution >= 0.6 is 0 Å². The van der Waals surface area contributed by atoms with E-state index in [1.807, 2.05) is 0 Å². The number of rotatable bonds is 3. The molecule has 0 radical (unpaired) electrons. The van der Waals surface area contributed by atoms with Crippen LogP contribution < -0.4 is 15.4 Å². The molecule has 0 saturated carbocycles. The lowest BCUT2D eigenvalue weighted by molar-refractivity contribution is -0.122. The van der Waals surface area contributed by atoms with E-state index in [0.717, 1.165) is 5.56 Å². The summed E-state index contributed by atoms with van der Waals surface area (Å²) in [6, 6.07) is 5.87. The number of aromatic nitrogens is 1. The molecule has 0 spiro atoms. The van der Waals surface area contributed by atoms with Crippen LogP contribution in [0.3, 0.4) is 0 Å². The van der Waals surface area contributed by atoms with Crippen molar-refractivity contribution in [3.05, 3.63) is 53.3 Å². The summed E-state index contributed by atoms with van der Waals surface area (Å²) < 4.78 is 5.16. The fourth-order valence-electron chi connectivity index (χ4n) is 3.29. The summed E-state index contributed by atoms with van der Waals surface area (Å²) in [6.07, 6.45) is 2.66. The Morgan fingerprint density at radius 3 is 2.79 bits per heavy atom. The summed E-state index contributed by atoms with van der Waals surface area (Å²) in [7, 11) is 1.51. The maximum Gasteiger partial charge on any atom is 0.323 e. The van der Waals surface area contributed by atoms with E-state index in [1.165, 1.54) is 30.5 Å². The van der Waals surface area contributed by atoms with E-state index < -0.39 is 17.5 Å². The number of imide groups is 1. The lowest BCUT2D eigenvalue weighted by Gasteiger charge is -2.26. The van der Waals surface area contributed by atoms with Gasteiger partial charge >= 0.3 is 6.03 Å². The van der Waals surface area contributed by atoms with Crippen molar-refractivity contribution in [1.29, 1.82) is 0 Å². The second kappa shape index (κ2) is 6.83. The van der Waals surface area contributed by atoms with Crippen molar-refractivity contribution in [2.24, 2.45) is 0 Å². The fourth-order valence-corrected chi connectivity index (χ4v) is 3.29. The average Bonchev–Trinajstić information content (AvgIpc) is 3.15. The number of methoxy groups -OCH3 is 1. The van der Waals surface area contributed by atoms with Crippen molar-refractivity contribution in [1.82, 2.24) is 20.5 Å². The van der Waals surface area contributed by atoms with Crippen LogP contribution in [0.1, 0.15) is 21.5 Å². The molecule has 3 heterocycles. The SMILES string of the molecule is COc1ccc2c(c1)C(=O)N(C[C@]1(C#Cc3cncc(O)c3)NC(=O)NC1=O)C2. The van der Waals surface area contributed by atoms with Gasteiger partial charge in [-0.3, -0.25) is 19.9 Å². The van der Waals surface area contributed by atoms with Crippen LogP contribution in [0.25, 0.3) is 0 Å². The number of aromatic hydroxyl groups is 1. The number of urea groups is 1. The molecule has 0 aliphatic carbocycles. The van der Waals surface area contributed by atoms with E-state index in [9.17, 15) is 19.5 Å². The molecule has 9 heteroatoms. The number of benzene rings is 1. The predicted molar refractivity (Wildman–Crippen MR) is 99.9 cm³/mol. The van der Waals surface area contributed by atoms with Crippen molar-refractivity contribution in [3.63, 3.8) is 0 Å². The molecule has 4 amide bonds. The van der Waals surface area contributed by atoms with Crippen LogP contribution in [0.2, 0.25) is 0 Å². The first-order valence-electron chi connectivity index (χ1n) is 8.67. The van der Waals surface area contributed by atoms with Crippen LogP contribution in [-0.2, 0) is 11.3 Å². The molecule has 0 bridgehead atoms. The van der Waals surface area contributed by atoms with E-state index in [-0.39, 0.29) is 24.7 Å². The number of nitrogens with zero attached hydrogens (tertiary/aromatic N) is 2. The van der Waals surface area contributed by atoms with Gasteiger partial charge in [0.1, 0.15) is 11.5 Å². The maximum atomic E-state index is 12.8. The summed E-state index contributed by atoms with van der Waals surface area (Å²) in [6.45, 7) is 0.137. The number of fused-ring (bicyclic) bond motifs is 1. The molecule has 1 saturated heterocycles. The molecule has 2 aliphatic heterocycles. The lowest BCUT2D eigenvalue weighted by Crippen LogP contribution is -2.54. The number of hydrogen-bond donors (Lipinski definition) is 3. The summed E-state index contributed by atoms with van der Waals surface area (Å²) >= 11 is 0. The quantitative estimate of drug-likeness (QED) is 0.513. The van der Waals surface area contributed by atoms with Crippen molar-refractivity contribution in [2.75, 3.05) is 13.7 Å². The highest BCUT2D eigenvalue weighted by Crippen LogP contribution is 2.28. The highest BCUT2D eigenvalue weighted by Gasteiger charge is 2.48. The Morgan fingerprint density at radius 1 is 1.28 bits per heavy atom.